The first kappa shape index (κ1) is 22.5. The van der Waals surface area contributed by atoms with Gasteiger partial charge in [-0.1, -0.05) is 13.8 Å². The number of fused-ring (bicyclic) bond motifs is 1. The second-order valence-electron chi connectivity index (χ2n) is 7.58. The molecule has 0 unspecified atom stereocenters. The van der Waals surface area contributed by atoms with Crippen molar-refractivity contribution in [1.82, 2.24) is 4.90 Å². The van der Waals surface area contributed by atoms with Gasteiger partial charge in [0.15, 0.2) is 17.6 Å². The molecule has 0 spiro atoms. The van der Waals surface area contributed by atoms with Crippen molar-refractivity contribution >= 4 is 17.5 Å². The highest BCUT2D eigenvalue weighted by Gasteiger charge is 2.32. The number of anilines is 1. The molecule has 7 heteroatoms. The fraction of sp³-hybridized carbons (Fsp3) is 0.417. The van der Waals surface area contributed by atoms with Crippen molar-refractivity contribution in [2.75, 3.05) is 19.5 Å². The van der Waals surface area contributed by atoms with Gasteiger partial charge in [-0.2, -0.15) is 0 Å². The molecule has 2 aromatic carbocycles. The minimum atomic E-state index is -0.498. The van der Waals surface area contributed by atoms with E-state index in [0.717, 1.165) is 12.0 Å². The molecular formula is C24H30N2O5. The molecule has 1 aliphatic rings. The standard InChI is InChI=1S/C24H30N2O5/c1-6-15(3)26-14-17-12-18(9-11-20(17)31-19(7-2)24(26)28)25-23(27)16-8-10-21(29-4)22(13-16)30-5/h8-13,15,19H,6-7,14H2,1-5H3,(H,25,27)/t15-,19-/m0/s1. The zero-order valence-corrected chi connectivity index (χ0v) is 18.7. The van der Waals surface area contributed by atoms with E-state index in [-0.39, 0.29) is 17.9 Å². The van der Waals surface area contributed by atoms with Crippen molar-refractivity contribution in [1.29, 1.82) is 0 Å². The lowest BCUT2D eigenvalue weighted by molar-refractivity contribution is -0.140. The number of hydrogen-bond donors (Lipinski definition) is 1. The Kier molecular flexibility index (Phi) is 7.05. The second kappa shape index (κ2) is 9.73. The molecule has 7 nitrogen and oxygen atoms in total. The first-order valence-corrected chi connectivity index (χ1v) is 10.5. The second-order valence-corrected chi connectivity index (χ2v) is 7.58. The summed E-state index contributed by atoms with van der Waals surface area (Å²) in [5.74, 6) is 1.45. The van der Waals surface area contributed by atoms with Gasteiger partial charge in [0.25, 0.3) is 11.8 Å². The van der Waals surface area contributed by atoms with E-state index in [2.05, 4.69) is 12.2 Å². The molecule has 0 bridgehead atoms. The molecular weight excluding hydrogens is 396 g/mol. The van der Waals surface area contributed by atoms with Crippen LogP contribution in [0.2, 0.25) is 0 Å². The van der Waals surface area contributed by atoms with Crippen molar-refractivity contribution in [2.24, 2.45) is 0 Å². The molecule has 2 aromatic rings. The maximum absolute atomic E-state index is 12.9. The van der Waals surface area contributed by atoms with Crippen molar-refractivity contribution in [3.05, 3.63) is 47.5 Å². The predicted molar refractivity (Wildman–Crippen MR) is 119 cm³/mol. The Hall–Kier alpha value is -3.22. The number of amides is 2. The summed E-state index contributed by atoms with van der Waals surface area (Å²) in [5, 5.41) is 2.92. The van der Waals surface area contributed by atoms with Gasteiger partial charge >= 0.3 is 0 Å². The Morgan fingerprint density at radius 1 is 1.16 bits per heavy atom. The maximum atomic E-state index is 12.9. The number of hydrogen-bond acceptors (Lipinski definition) is 5. The van der Waals surface area contributed by atoms with Crippen LogP contribution in [-0.2, 0) is 11.3 Å². The first-order chi connectivity index (χ1) is 14.9. The van der Waals surface area contributed by atoms with E-state index in [0.29, 0.717) is 41.5 Å². The van der Waals surface area contributed by atoms with Crippen LogP contribution in [-0.4, -0.2) is 43.1 Å². The van der Waals surface area contributed by atoms with E-state index < -0.39 is 6.10 Å². The molecule has 1 heterocycles. The SMILES string of the molecule is CC[C@@H]1Oc2ccc(NC(=O)c3ccc(OC)c(OC)c3)cc2CN([C@@H](C)CC)C1=O. The van der Waals surface area contributed by atoms with Gasteiger partial charge in [-0.25, -0.2) is 0 Å². The smallest absolute Gasteiger partial charge is 0.264 e. The van der Waals surface area contributed by atoms with E-state index in [9.17, 15) is 9.59 Å². The van der Waals surface area contributed by atoms with E-state index >= 15 is 0 Å². The van der Waals surface area contributed by atoms with Gasteiger partial charge in [-0.15, -0.1) is 0 Å². The van der Waals surface area contributed by atoms with E-state index in [4.69, 9.17) is 14.2 Å². The van der Waals surface area contributed by atoms with Gasteiger partial charge in [0.05, 0.1) is 14.2 Å². The van der Waals surface area contributed by atoms with Crippen LogP contribution in [0, 0.1) is 0 Å². The Morgan fingerprint density at radius 2 is 1.90 bits per heavy atom. The summed E-state index contributed by atoms with van der Waals surface area (Å²) in [6.07, 6.45) is 0.957. The average Bonchev–Trinajstić information content (AvgIpc) is 2.93. The van der Waals surface area contributed by atoms with Crippen LogP contribution in [0.1, 0.15) is 49.5 Å². The molecule has 0 aliphatic carbocycles. The molecule has 3 rings (SSSR count). The van der Waals surface area contributed by atoms with Crippen LogP contribution in [0.4, 0.5) is 5.69 Å². The van der Waals surface area contributed by atoms with Gasteiger partial charge in [0.1, 0.15) is 5.75 Å². The molecule has 1 N–H and O–H groups in total. The summed E-state index contributed by atoms with van der Waals surface area (Å²) in [5.41, 5.74) is 1.95. The lowest BCUT2D eigenvalue weighted by Crippen LogP contribution is -2.43. The summed E-state index contributed by atoms with van der Waals surface area (Å²) >= 11 is 0. The minimum absolute atomic E-state index is 0.00367. The normalized spacial score (nSPS) is 16.6. The fourth-order valence-electron chi connectivity index (χ4n) is 3.58. The summed E-state index contributed by atoms with van der Waals surface area (Å²) in [6, 6.07) is 10.6. The van der Waals surface area contributed by atoms with Crippen LogP contribution >= 0.6 is 0 Å². The molecule has 0 fully saturated rings. The Balaban J connectivity index is 1.86. The number of nitrogens with zero attached hydrogens (tertiary/aromatic N) is 1. The minimum Gasteiger partial charge on any atom is -0.493 e. The number of ether oxygens (including phenoxy) is 3. The summed E-state index contributed by atoms with van der Waals surface area (Å²) in [6.45, 7) is 6.49. The van der Waals surface area contributed by atoms with Crippen molar-refractivity contribution in [3.63, 3.8) is 0 Å². The highest BCUT2D eigenvalue weighted by atomic mass is 16.5. The average molecular weight is 427 g/mol. The topological polar surface area (TPSA) is 77.1 Å². The van der Waals surface area contributed by atoms with Gasteiger partial charge in [-0.3, -0.25) is 9.59 Å². The lowest BCUT2D eigenvalue weighted by atomic mass is 10.1. The number of methoxy groups -OCH3 is 2. The fourth-order valence-corrected chi connectivity index (χ4v) is 3.58. The summed E-state index contributed by atoms with van der Waals surface area (Å²) in [4.78, 5) is 27.6. The van der Waals surface area contributed by atoms with Gasteiger partial charge in [0.2, 0.25) is 0 Å². The molecule has 2 amide bonds. The van der Waals surface area contributed by atoms with Crippen LogP contribution in [0.25, 0.3) is 0 Å². The van der Waals surface area contributed by atoms with Gasteiger partial charge in [0, 0.05) is 29.4 Å². The Morgan fingerprint density at radius 3 is 2.55 bits per heavy atom. The predicted octanol–water partition coefficient (Wildman–Crippen LogP) is 4.25. The van der Waals surface area contributed by atoms with Crippen LogP contribution in [0.15, 0.2) is 36.4 Å². The van der Waals surface area contributed by atoms with Gasteiger partial charge < -0.3 is 24.4 Å². The third kappa shape index (κ3) is 4.76. The Labute approximate surface area is 183 Å². The number of carbonyl (C=O) groups is 2. The number of rotatable bonds is 7. The largest absolute Gasteiger partial charge is 0.493 e. The van der Waals surface area contributed by atoms with Crippen LogP contribution in [0.3, 0.4) is 0 Å². The van der Waals surface area contributed by atoms with E-state index in [1.807, 2.05) is 30.9 Å². The first-order valence-electron chi connectivity index (χ1n) is 10.5. The van der Waals surface area contributed by atoms with E-state index in [1.54, 1.807) is 31.4 Å². The van der Waals surface area contributed by atoms with Crippen molar-refractivity contribution in [3.8, 4) is 17.2 Å². The maximum Gasteiger partial charge on any atom is 0.264 e. The highest BCUT2D eigenvalue weighted by molar-refractivity contribution is 6.04. The molecule has 166 valence electrons. The zero-order valence-electron chi connectivity index (χ0n) is 18.7. The number of benzene rings is 2. The highest BCUT2D eigenvalue weighted by Crippen LogP contribution is 2.31. The number of carbonyl (C=O) groups excluding carboxylic acids is 2. The lowest BCUT2D eigenvalue weighted by Gasteiger charge is -2.28. The molecule has 0 saturated carbocycles. The van der Waals surface area contributed by atoms with Gasteiger partial charge in [-0.05, 0) is 56.2 Å². The summed E-state index contributed by atoms with van der Waals surface area (Å²) < 4.78 is 16.5. The quantitative estimate of drug-likeness (QED) is 0.716. The van der Waals surface area contributed by atoms with Crippen molar-refractivity contribution < 1.29 is 23.8 Å². The van der Waals surface area contributed by atoms with E-state index in [1.165, 1.54) is 7.11 Å². The van der Waals surface area contributed by atoms with Crippen LogP contribution in [0.5, 0.6) is 17.2 Å². The van der Waals surface area contributed by atoms with Crippen LogP contribution < -0.4 is 19.5 Å². The molecule has 31 heavy (non-hydrogen) atoms. The summed E-state index contributed by atoms with van der Waals surface area (Å²) in [7, 11) is 3.08. The third-order valence-corrected chi connectivity index (χ3v) is 5.63. The molecule has 0 saturated heterocycles. The molecule has 1 aliphatic heterocycles. The zero-order chi connectivity index (χ0) is 22.5. The monoisotopic (exact) mass is 426 g/mol. The molecule has 2 atom stereocenters. The number of nitrogens with one attached hydrogen (secondary N) is 1. The third-order valence-electron chi connectivity index (χ3n) is 5.63. The Bertz CT molecular complexity index is 959. The molecule has 0 aromatic heterocycles. The molecule has 0 radical (unpaired) electrons. The van der Waals surface area contributed by atoms with Crippen molar-refractivity contribution in [2.45, 2.75) is 52.3 Å².